The zero-order valence-corrected chi connectivity index (χ0v) is 20.6. The number of rotatable bonds is 7. The molecule has 0 aliphatic rings. The van der Waals surface area contributed by atoms with Gasteiger partial charge in [0.05, 0.1) is 5.75 Å². The Balaban J connectivity index is 1.76. The summed E-state index contributed by atoms with van der Waals surface area (Å²) in [4.78, 5) is 12.6. The van der Waals surface area contributed by atoms with Gasteiger partial charge in [-0.25, -0.2) is 0 Å². The molecule has 3 rings (SSSR count). The molecule has 0 bridgehead atoms. The number of nitrogens with zero attached hydrogens (tertiary/aromatic N) is 3. The maximum absolute atomic E-state index is 12.6. The molecule has 2 aromatic carbocycles. The highest BCUT2D eigenvalue weighted by molar-refractivity contribution is 7.99. The minimum atomic E-state index is -0.0608. The summed E-state index contributed by atoms with van der Waals surface area (Å²) < 4.78 is 2.00. The summed E-state index contributed by atoms with van der Waals surface area (Å²) in [6.07, 6.45) is 1.82. The molecule has 168 valence electrons. The van der Waals surface area contributed by atoms with E-state index in [4.69, 9.17) is 0 Å². The minimum Gasteiger partial charge on any atom is -0.325 e. The van der Waals surface area contributed by atoms with Crippen molar-refractivity contribution >= 4 is 23.4 Å². The van der Waals surface area contributed by atoms with Crippen LogP contribution in [0.2, 0.25) is 0 Å². The van der Waals surface area contributed by atoms with Crippen molar-refractivity contribution in [2.75, 3.05) is 11.1 Å². The lowest BCUT2D eigenvalue weighted by atomic mass is 9.87. The zero-order valence-electron chi connectivity index (χ0n) is 19.8. The highest BCUT2D eigenvalue weighted by atomic mass is 32.2. The van der Waals surface area contributed by atoms with Crippen LogP contribution in [0.4, 0.5) is 5.69 Å². The Morgan fingerprint density at radius 2 is 1.72 bits per heavy atom. The fourth-order valence-electron chi connectivity index (χ4n) is 3.70. The molecule has 0 fully saturated rings. The predicted octanol–water partition coefficient (Wildman–Crippen LogP) is 6.08. The molecule has 32 heavy (non-hydrogen) atoms. The number of amides is 1. The van der Waals surface area contributed by atoms with Gasteiger partial charge in [-0.15, -0.1) is 16.8 Å². The van der Waals surface area contributed by atoms with Gasteiger partial charge in [0.1, 0.15) is 0 Å². The van der Waals surface area contributed by atoms with Crippen molar-refractivity contribution in [3.05, 3.63) is 71.3 Å². The average molecular weight is 449 g/mol. The van der Waals surface area contributed by atoms with Crippen LogP contribution in [-0.2, 0) is 16.8 Å². The molecule has 1 amide bonds. The van der Waals surface area contributed by atoms with E-state index in [0.29, 0.717) is 11.7 Å². The van der Waals surface area contributed by atoms with E-state index >= 15 is 0 Å². The van der Waals surface area contributed by atoms with Gasteiger partial charge in [-0.3, -0.25) is 9.36 Å². The van der Waals surface area contributed by atoms with Crippen LogP contribution >= 0.6 is 11.8 Å². The quantitative estimate of drug-likeness (QED) is 0.351. The molecule has 0 aliphatic heterocycles. The third-order valence-corrected chi connectivity index (χ3v) is 6.28. The first-order chi connectivity index (χ1) is 15.1. The van der Waals surface area contributed by atoms with E-state index < -0.39 is 0 Å². The van der Waals surface area contributed by atoms with Crippen LogP contribution in [0.1, 0.15) is 43.0 Å². The average Bonchev–Trinajstić information content (AvgIpc) is 3.11. The molecular formula is C26H32N4OS. The number of thioether (sulfide) groups is 1. The third kappa shape index (κ3) is 5.49. The van der Waals surface area contributed by atoms with Crippen LogP contribution in [0, 0.1) is 20.8 Å². The number of carbonyl (C=O) groups excluding carboxylic acids is 1. The molecule has 3 aromatic rings. The van der Waals surface area contributed by atoms with Crippen LogP contribution < -0.4 is 5.32 Å². The summed E-state index contributed by atoms with van der Waals surface area (Å²) in [6, 6.07) is 12.6. The molecule has 0 radical (unpaired) electrons. The third-order valence-electron chi connectivity index (χ3n) is 5.31. The van der Waals surface area contributed by atoms with E-state index in [0.717, 1.165) is 28.2 Å². The summed E-state index contributed by atoms with van der Waals surface area (Å²) in [6.45, 7) is 17.1. The first-order valence-electron chi connectivity index (χ1n) is 10.8. The standard InChI is InChI=1S/C26H32N4OS/c1-8-13-30-24(20-9-11-21(12-10-20)26(5,6)7)28-29-25(30)32-16-22(31)27-23-18(3)14-17(2)15-19(23)4/h8-12,14-15H,1,13,16H2,2-7H3,(H,27,31). The molecule has 0 saturated heterocycles. The Hall–Kier alpha value is -2.86. The van der Waals surface area contributed by atoms with E-state index in [2.05, 4.69) is 86.2 Å². The summed E-state index contributed by atoms with van der Waals surface area (Å²) in [5.74, 6) is 0.970. The molecule has 0 saturated carbocycles. The lowest BCUT2D eigenvalue weighted by Gasteiger charge is -2.19. The molecule has 1 N–H and O–H groups in total. The van der Waals surface area contributed by atoms with Crippen molar-refractivity contribution in [1.29, 1.82) is 0 Å². The second-order valence-corrected chi connectivity index (χ2v) is 10.1. The number of aromatic nitrogens is 3. The number of aryl methyl sites for hydroxylation is 3. The molecule has 0 spiro atoms. The Kier molecular flexibility index (Phi) is 7.24. The van der Waals surface area contributed by atoms with Crippen LogP contribution in [0.5, 0.6) is 0 Å². The zero-order chi connectivity index (χ0) is 23.5. The molecule has 6 heteroatoms. The number of carbonyl (C=O) groups is 1. The van der Waals surface area contributed by atoms with E-state index in [9.17, 15) is 4.79 Å². The fourth-order valence-corrected chi connectivity index (χ4v) is 4.45. The minimum absolute atomic E-state index is 0.0608. The smallest absolute Gasteiger partial charge is 0.234 e. The number of hydrogen-bond acceptors (Lipinski definition) is 4. The first kappa shape index (κ1) is 23.8. The normalized spacial score (nSPS) is 11.4. The highest BCUT2D eigenvalue weighted by Crippen LogP contribution is 2.28. The second-order valence-electron chi connectivity index (χ2n) is 9.14. The Morgan fingerprint density at radius 1 is 1.09 bits per heavy atom. The molecule has 0 atom stereocenters. The van der Waals surface area contributed by atoms with Gasteiger partial charge in [0.25, 0.3) is 0 Å². The van der Waals surface area contributed by atoms with Crippen LogP contribution in [-0.4, -0.2) is 26.4 Å². The molecule has 5 nitrogen and oxygen atoms in total. The van der Waals surface area contributed by atoms with Gasteiger partial charge in [0, 0.05) is 17.8 Å². The molecule has 1 aromatic heterocycles. The van der Waals surface area contributed by atoms with E-state index in [1.165, 1.54) is 22.9 Å². The predicted molar refractivity (Wildman–Crippen MR) is 134 cm³/mol. The van der Waals surface area contributed by atoms with E-state index in [-0.39, 0.29) is 17.1 Å². The van der Waals surface area contributed by atoms with Gasteiger partial charge < -0.3 is 5.32 Å². The maximum Gasteiger partial charge on any atom is 0.234 e. The van der Waals surface area contributed by atoms with Gasteiger partial charge in [-0.05, 0) is 42.9 Å². The van der Waals surface area contributed by atoms with Crippen molar-refractivity contribution < 1.29 is 4.79 Å². The van der Waals surface area contributed by atoms with Crippen molar-refractivity contribution in [3.8, 4) is 11.4 Å². The van der Waals surface area contributed by atoms with Crippen molar-refractivity contribution in [3.63, 3.8) is 0 Å². The lowest BCUT2D eigenvalue weighted by Crippen LogP contribution is -2.16. The van der Waals surface area contributed by atoms with Crippen molar-refractivity contribution in [1.82, 2.24) is 14.8 Å². The number of anilines is 1. The number of nitrogens with one attached hydrogen (secondary N) is 1. The Labute approximate surface area is 195 Å². The largest absolute Gasteiger partial charge is 0.325 e. The number of hydrogen-bond donors (Lipinski definition) is 1. The summed E-state index contributed by atoms with van der Waals surface area (Å²) in [5.41, 5.74) is 6.56. The first-order valence-corrected chi connectivity index (χ1v) is 11.7. The van der Waals surface area contributed by atoms with E-state index in [1.54, 1.807) is 0 Å². The van der Waals surface area contributed by atoms with Crippen LogP contribution in [0.15, 0.2) is 54.2 Å². The maximum atomic E-state index is 12.6. The van der Waals surface area contributed by atoms with Gasteiger partial charge in [0.2, 0.25) is 5.91 Å². The summed E-state index contributed by atoms with van der Waals surface area (Å²) >= 11 is 1.38. The van der Waals surface area contributed by atoms with Gasteiger partial charge >= 0.3 is 0 Å². The molecule has 1 heterocycles. The Morgan fingerprint density at radius 3 is 2.28 bits per heavy atom. The SMILES string of the molecule is C=CCn1c(SCC(=O)Nc2c(C)cc(C)cc2C)nnc1-c1ccc(C(C)(C)C)cc1. The van der Waals surface area contributed by atoms with Crippen LogP contribution in [0.25, 0.3) is 11.4 Å². The van der Waals surface area contributed by atoms with Crippen LogP contribution in [0.3, 0.4) is 0 Å². The van der Waals surface area contributed by atoms with Crippen molar-refractivity contribution in [2.24, 2.45) is 0 Å². The summed E-state index contributed by atoms with van der Waals surface area (Å²) in [7, 11) is 0. The lowest BCUT2D eigenvalue weighted by molar-refractivity contribution is -0.113. The van der Waals surface area contributed by atoms with Gasteiger partial charge in [-0.2, -0.15) is 0 Å². The highest BCUT2D eigenvalue weighted by Gasteiger charge is 2.18. The number of benzene rings is 2. The van der Waals surface area contributed by atoms with Gasteiger partial charge in [-0.1, -0.05) is 80.6 Å². The molecular weight excluding hydrogens is 416 g/mol. The van der Waals surface area contributed by atoms with E-state index in [1.807, 2.05) is 24.5 Å². The van der Waals surface area contributed by atoms with Gasteiger partial charge in [0.15, 0.2) is 11.0 Å². The monoisotopic (exact) mass is 448 g/mol. The Bertz CT molecular complexity index is 1100. The molecule has 0 aliphatic carbocycles. The molecule has 0 unspecified atom stereocenters. The number of allylic oxidation sites excluding steroid dienone is 1. The van der Waals surface area contributed by atoms with Crippen molar-refractivity contribution in [2.45, 2.75) is 58.7 Å². The fraction of sp³-hybridized carbons (Fsp3) is 0.346. The summed E-state index contributed by atoms with van der Waals surface area (Å²) in [5, 5.41) is 12.5. The topological polar surface area (TPSA) is 59.8 Å². The second kappa shape index (κ2) is 9.74.